The van der Waals surface area contributed by atoms with Gasteiger partial charge >= 0.3 is 23.9 Å². The minimum Gasteiger partial charge on any atom is -0.466 e. The van der Waals surface area contributed by atoms with Gasteiger partial charge in [0.05, 0.1) is 24.7 Å². The lowest BCUT2D eigenvalue weighted by molar-refractivity contribution is -0.174. The molecule has 3 heterocycles. The first-order chi connectivity index (χ1) is 15.4. The van der Waals surface area contributed by atoms with Gasteiger partial charge in [-0.25, -0.2) is 14.4 Å². The van der Waals surface area contributed by atoms with Gasteiger partial charge in [0.15, 0.2) is 17.8 Å². The molecular formula is C23H26O10. The highest BCUT2D eigenvalue weighted by Gasteiger charge is 2.65. The fraction of sp³-hybridized carbons (Fsp3) is 0.565. The summed E-state index contributed by atoms with van der Waals surface area (Å²) in [5, 5.41) is 0. The number of methoxy groups -OCH3 is 1. The third-order valence-electron chi connectivity index (χ3n) is 6.61. The minimum absolute atomic E-state index is 0.0106. The highest BCUT2D eigenvalue weighted by Crippen LogP contribution is 2.49. The van der Waals surface area contributed by atoms with Gasteiger partial charge in [-0.05, 0) is 26.8 Å². The number of epoxide rings is 2. The van der Waals surface area contributed by atoms with Crippen LogP contribution in [0.4, 0.5) is 0 Å². The molecular weight excluding hydrogens is 436 g/mol. The lowest BCUT2D eigenvalue weighted by Crippen LogP contribution is -2.49. The Morgan fingerprint density at radius 3 is 2.39 bits per heavy atom. The Morgan fingerprint density at radius 1 is 1.15 bits per heavy atom. The van der Waals surface area contributed by atoms with E-state index in [0.29, 0.717) is 0 Å². The number of hydrogen-bond acceptors (Lipinski definition) is 10. The molecule has 0 aromatic rings. The highest BCUT2D eigenvalue weighted by molar-refractivity contribution is 5.93. The van der Waals surface area contributed by atoms with E-state index in [0.717, 1.165) is 6.92 Å². The van der Waals surface area contributed by atoms with Crippen molar-refractivity contribution >= 4 is 23.9 Å². The first-order valence-electron chi connectivity index (χ1n) is 10.5. The van der Waals surface area contributed by atoms with Gasteiger partial charge in [0, 0.05) is 12.5 Å². The minimum atomic E-state index is -1.41. The fourth-order valence-corrected chi connectivity index (χ4v) is 4.35. The molecule has 0 aromatic heterocycles. The lowest BCUT2D eigenvalue weighted by Gasteiger charge is -2.33. The van der Waals surface area contributed by atoms with E-state index < -0.39 is 71.5 Å². The summed E-state index contributed by atoms with van der Waals surface area (Å²) in [4.78, 5) is 50.3. The lowest BCUT2D eigenvalue weighted by atomic mass is 9.81. The van der Waals surface area contributed by atoms with Crippen LogP contribution in [0.5, 0.6) is 0 Å². The molecule has 10 nitrogen and oxygen atoms in total. The molecule has 0 radical (unpaired) electrons. The maximum Gasteiger partial charge on any atom is 0.341 e. The molecule has 4 rings (SSSR count). The zero-order valence-electron chi connectivity index (χ0n) is 19.0. The SMILES string of the molecule is C=C1C(=O)O[C@H]2[C@H]1[C@H](OC(=O)[C@@]1(C)O[C@H]1C)[C@H](OC(C)=O)/C(C(=O)OC)=C\C=C/[C@]1(C)O[C@H]21. The third kappa shape index (κ3) is 3.87. The Balaban J connectivity index is 1.85. The third-order valence-corrected chi connectivity index (χ3v) is 6.61. The number of allylic oxidation sites excluding steroid dienone is 2. The van der Waals surface area contributed by atoms with Crippen molar-refractivity contribution in [1.29, 1.82) is 0 Å². The normalized spacial score (nSPS) is 43.6. The largest absolute Gasteiger partial charge is 0.466 e. The summed E-state index contributed by atoms with van der Waals surface area (Å²) in [5.74, 6) is -3.94. The van der Waals surface area contributed by atoms with Gasteiger partial charge in [0.2, 0.25) is 0 Å². The number of carbonyl (C=O) groups excluding carboxylic acids is 4. The van der Waals surface area contributed by atoms with Crippen LogP contribution in [0.2, 0.25) is 0 Å². The summed E-state index contributed by atoms with van der Waals surface area (Å²) in [6, 6.07) is 0. The average Bonchev–Trinajstić information content (AvgIpc) is 3.57. The zero-order valence-corrected chi connectivity index (χ0v) is 19.0. The molecule has 3 fully saturated rings. The van der Waals surface area contributed by atoms with E-state index in [9.17, 15) is 19.2 Å². The fourth-order valence-electron chi connectivity index (χ4n) is 4.35. The molecule has 4 aliphatic rings. The number of ether oxygens (including phenoxy) is 6. The number of carbonyl (C=O) groups is 4. The van der Waals surface area contributed by atoms with E-state index in [1.165, 1.54) is 13.2 Å². The van der Waals surface area contributed by atoms with Crippen molar-refractivity contribution in [3.63, 3.8) is 0 Å². The molecule has 0 N–H and O–H groups in total. The van der Waals surface area contributed by atoms with Crippen molar-refractivity contribution in [2.75, 3.05) is 7.11 Å². The van der Waals surface area contributed by atoms with Gasteiger partial charge in [-0.3, -0.25) is 4.79 Å². The van der Waals surface area contributed by atoms with E-state index in [2.05, 4.69) is 6.58 Å². The van der Waals surface area contributed by atoms with Crippen LogP contribution >= 0.6 is 0 Å². The zero-order chi connectivity index (χ0) is 24.3. The van der Waals surface area contributed by atoms with Crippen molar-refractivity contribution in [3.05, 3.63) is 36.0 Å². The molecule has 1 aliphatic carbocycles. The molecule has 0 amide bonds. The molecule has 3 saturated heterocycles. The molecule has 0 aromatic carbocycles. The van der Waals surface area contributed by atoms with Gasteiger partial charge in [-0.15, -0.1) is 0 Å². The summed E-state index contributed by atoms with van der Waals surface area (Å²) >= 11 is 0. The summed E-state index contributed by atoms with van der Waals surface area (Å²) in [6.07, 6.45) is 0.0606. The number of fused-ring (bicyclic) bond motifs is 3. The van der Waals surface area contributed by atoms with Crippen molar-refractivity contribution in [1.82, 2.24) is 0 Å². The Hall–Kier alpha value is -2.98. The van der Waals surface area contributed by atoms with Gasteiger partial charge in [-0.1, -0.05) is 18.7 Å². The predicted octanol–water partition coefficient (Wildman–Crippen LogP) is 0.932. The summed E-state index contributed by atoms with van der Waals surface area (Å²) in [7, 11) is 1.17. The van der Waals surface area contributed by atoms with Crippen molar-refractivity contribution < 1.29 is 47.6 Å². The summed E-state index contributed by atoms with van der Waals surface area (Å²) in [6.45, 7) is 10.0. The molecule has 33 heavy (non-hydrogen) atoms. The summed E-state index contributed by atoms with van der Waals surface area (Å²) in [5.41, 5.74) is -2.08. The van der Waals surface area contributed by atoms with Crippen LogP contribution in [-0.2, 0) is 47.6 Å². The second kappa shape index (κ2) is 7.81. The maximum absolute atomic E-state index is 13.0. The predicted molar refractivity (Wildman–Crippen MR) is 109 cm³/mol. The van der Waals surface area contributed by atoms with E-state index >= 15 is 0 Å². The van der Waals surface area contributed by atoms with Gasteiger partial charge in [0.1, 0.15) is 17.8 Å². The number of hydrogen-bond donors (Lipinski definition) is 0. The molecule has 178 valence electrons. The second-order valence-corrected chi connectivity index (χ2v) is 8.88. The molecule has 0 spiro atoms. The van der Waals surface area contributed by atoms with E-state index in [-0.39, 0.29) is 11.1 Å². The van der Waals surface area contributed by atoms with Crippen LogP contribution in [0, 0.1) is 5.92 Å². The molecule has 0 bridgehead atoms. The van der Waals surface area contributed by atoms with Crippen LogP contribution in [-0.4, -0.2) is 72.7 Å². The Morgan fingerprint density at radius 2 is 1.82 bits per heavy atom. The smallest absolute Gasteiger partial charge is 0.341 e. The standard InChI is InChI=1S/C23H26O10/c1-10-14-16(31-21(27)23(5)11(2)32-23)15(29-12(3)24)13(20(26)28-6)8-7-9-22(4)18(33-22)17(14)30-19(10)25/h7-9,11,14-18H,1H2,2-6H3/b9-7-,13-8+/t11-,14+,15+,16-,17-,18+,22-,23-/m0/s1. The van der Waals surface area contributed by atoms with Gasteiger partial charge < -0.3 is 28.4 Å². The second-order valence-electron chi connectivity index (χ2n) is 8.88. The Kier molecular flexibility index (Phi) is 5.49. The number of rotatable bonds is 4. The van der Waals surface area contributed by atoms with E-state index in [1.807, 2.05) is 0 Å². The Bertz CT molecular complexity index is 995. The quantitative estimate of drug-likeness (QED) is 0.257. The molecule has 3 aliphatic heterocycles. The van der Waals surface area contributed by atoms with Gasteiger partial charge in [0.25, 0.3) is 0 Å². The maximum atomic E-state index is 13.0. The van der Waals surface area contributed by atoms with Crippen LogP contribution in [0.3, 0.4) is 0 Å². The highest BCUT2D eigenvalue weighted by atomic mass is 16.7. The van der Waals surface area contributed by atoms with E-state index in [4.69, 9.17) is 28.4 Å². The van der Waals surface area contributed by atoms with Crippen molar-refractivity contribution in [2.45, 2.75) is 69.4 Å². The monoisotopic (exact) mass is 462 g/mol. The molecule has 8 atom stereocenters. The van der Waals surface area contributed by atoms with Gasteiger partial charge in [-0.2, -0.15) is 0 Å². The molecule has 10 heteroatoms. The molecule has 0 saturated carbocycles. The first-order valence-corrected chi connectivity index (χ1v) is 10.5. The van der Waals surface area contributed by atoms with Crippen LogP contribution in [0.25, 0.3) is 0 Å². The first kappa shape index (κ1) is 23.2. The van der Waals surface area contributed by atoms with Crippen molar-refractivity contribution in [2.24, 2.45) is 5.92 Å². The topological polar surface area (TPSA) is 130 Å². The van der Waals surface area contributed by atoms with Crippen LogP contribution in [0.15, 0.2) is 36.0 Å². The average molecular weight is 462 g/mol. The van der Waals surface area contributed by atoms with Crippen molar-refractivity contribution in [3.8, 4) is 0 Å². The summed E-state index contributed by atoms with van der Waals surface area (Å²) < 4.78 is 32.9. The molecule has 0 unspecified atom stereocenters. The van der Waals surface area contributed by atoms with E-state index in [1.54, 1.807) is 32.9 Å². The number of esters is 4. The van der Waals surface area contributed by atoms with Crippen LogP contribution in [0.1, 0.15) is 27.7 Å². The van der Waals surface area contributed by atoms with Crippen LogP contribution < -0.4 is 0 Å². The Labute approximate surface area is 190 Å².